The van der Waals surface area contributed by atoms with Crippen LogP contribution >= 0.6 is 0 Å². The smallest absolute Gasteiger partial charge is 0.227 e. The molecule has 1 heterocycles. The van der Waals surface area contributed by atoms with Crippen LogP contribution in [0.25, 0.3) is 0 Å². The van der Waals surface area contributed by atoms with Crippen LogP contribution in [0.4, 0.5) is 0 Å². The molecule has 1 fully saturated rings. The van der Waals surface area contributed by atoms with Crippen molar-refractivity contribution in [3.63, 3.8) is 0 Å². The molecule has 0 aromatic heterocycles. The van der Waals surface area contributed by atoms with Crippen molar-refractivity contribution in [3.8, 4) is 5.75 Å². The summed E-state index contributed by atoms with van der Waals surface area (Å²) in [5.74, 6) is 0.920. The highest BCUT2D eigenvalue weighted by atomic mass is 16.5. The lowest BCUT2D eigenvalue weighted by atomic mass is 10.0. The SMILES string of the molecule is COc1cccc(CC(=O)N2CC(C)OC(Cc3ccccc3)C2)c1. The minimum absolute atomic E-state index is 0.0420. The second-order valence-corrected chi connectivity index (χ2v) is 6.59. The lowest BCUT2D eigenvalue weighted by Gasteiger charge is -2.37. The number of rotatable bonds is 5. The Balaban J connectivity index is 1.63. The second-order valence-electron chi connectivity index (χ2n) is 6.59. The number of hydrogen-bond donors (Lipinski definition) is 0. The monoisotopic (exact) mass is 339 g/mol. The van der Waals surface area contributed by atoms with Crippen molar-refractivity contribution in [1.29, 1.82) is 0 Å². The van der Waals surface area contributed by atoms with E-state index in [0.717, 1.165) is 17.7 Å². The Morgan fingerprint density at radius 2 is 1.88 bits per heavy atom. The molecule has 25 heavy (non-hydrogen) atoms. The lowest BCUT2D eigenvalue weighted by molar-refractivity contribution is -0.143. The first kappa shape index (κ1) is 17.5. The molecule has 2 aromatic rings. The van der Waals surface area contributed by atoms with Crippen LogP contribution in [0.1, 0.15) is 18.1 Å². The third-order valence-corrected chi connectivity index (χ3v) is 4.47. The van der Waals surface area contributed by atoms with Crippen molar-refractivity contribution in [3.05, 3.63) is 65.7 Å². The van der Waals surface area contributed by atoms with E-state index < -0.39 is 0 Å². The highest BCUT2D eigenvalue weighted by molar-refractivity contribution is 5.79. The van der Waals surface area contributed by atoms with Crippen molar-refractivity contribution in [1.82, 2.24) is 4.90 Å². The van der Waals surface area contributed by atoms with Gasteiger partial charge in [0.25, 0.3) is 0 Å². The van der Waals surface area contributed by atoms with Gasteiger partial charge in [-0.25, -0.2) is 0 Å². The van der Waals surface area contributed by atoms with Crippen LogP contribution < -0.4 is 4.74 Å². The van der Waals surface area contributed by atoms with Crippen LogP contribution in [0.2, 0.25) is 0 Å². The fraction of sp³-hybridized carbons (Fsp3) is 0.381. The number of hydrogen-bond acceptors (Lipinski definition) is 3. The summed E-state index contributed by atoms with van der Waals surface area (Å²) < 4.78 is 11.3. The summed E-state index contributed by atoms with van der Waals surface area (Å²) in [5, 5.41) is 0. The van der Waals surface area contributed by atoms with Crippen molar-refractivity contribution in [2.45, 2.75) is 32.0 Å². The largest absolute Gasteiger partial charge is 0.497 e. The predicted molar refractivity (Wildman–Crippen MR) is 97.8 cm³/mol. The first-order valence-corrected chi connectivity index (χ1v) is 8.74. The first-order valence-electron chi connectivity index (χ1n) is 8.74. The van der Waals surface area contributed by atoms with Crippen molar-refractivity contribution in [2.75, 3.05) is 20.2 Å². The van der Waals surface area contributed by atoms with Crippen molar-refractivity contribution < 1.29 is 14.3 Å². The maximum Gasteiger partial charge on any atom is 0.227 e. The summed E-state index contributed by atoms with van der Waals surface area (Å²) in [7, 11) is 1.64. The van der Waals surface area contributed by atoms with E-state index in [0.29, 0.717) is 19.5 Å². The molecule has 0 bridgehead atoms. The maximum atomic E-state index is 12.7. The number of methoxy groups -OCH3 is 1. The number of amides is 1. The van der Waals surface area contributed by atoms with E-state index in [1.165, 1.54) is 5.56 Å². The molecule has 1 aliphatic heterocycles. The zero-order chi connectivity index (χ0) is 17.6. The zero-order valence-corrected chi connectivity index (χ0v) is 14.9. The van der Waals surface area contributed by atoms with E-state index in [-0.39, 0.29) is 18.1 Å². The summed E-state index contributed by atoms with van der Waals surface area (Å²) in [6.45, 7) is 3.32. The molecule has 2 unspecified atom stereocenters. The van der Waals surface area contributed by atoms with Crippen LogP contribution in [-0.4, -0.2) is 43.2 Å². The highest BCUT2D eigenvalue weighted by Gasteiger charge is 2.28. The van der Waals surface area contributed by atoms with E-state index in [2.05, 4.69) is 12.1 Å². The van der Waals surface area contributed by atoms with E-state index in [4.69, 9.17) is 9.47 Å². The molecule has 3 rings (SSSR count). The minimum atomic E-state index is 0.0420. The molecule has 0 N–H and O–H groups in total. The first-order chi connectivity index (χ1) is 12.1. The van der Waals surface area contributed by atoms with Gasteiger partial charge in [-0.15, -0.1) is 0 Å². The van der Waals surface area contributed by atoms with Crippen LogP contribution in [0.5, 0.6) is 5.75 Å². The molecule has 1 aliphatic rings. The average molecular weight is 339 g/mol. The molecule has 1 amide bonds. The molecule has 0 saturated carbocycles. The molecule has 0 spiro atoms. The third-order valence-electron chi connectivity index (χ3n) is 4.47. The standard InChI is InChI=1S/C21H25NO3/c1-16-14-22(15-20(25-16)11-17-7-4-3-5-8-17)21(23)13-18-9-6-10-19(12-18)24-2/h3-10,12,16,20H,11,13-15H2,1-2H3. The van der Waals surface area contributed by atoms with E-state index in [1.807, 2.05) is 54.3 Å². The Hall–Kier alpha value is -2.33. The summed E-state index contributed by atoms with van der Waals surface area (Å²) in [6, 6.07) is 18.0. The quantitative estimate of drug-likeness (QED) is 0.840. The van der Waals surface area contributed by atoms with Crippen LogP contribution in [0.15, 0.2) is 54.6 Å². The van der Waals surface area contributed by atoms with E-state index >= 15 is 0 Å². The van der Waals surface area contributed by atoms with Gasteiger partial charge in [0, 0.05) is 19.5 Å². The summed E-state index contributed by atoms with van der Waals surface area (Å²) in [6.07, 6.45) is 1.31. The van der Waals surface area contributed by atoms with Crippen molar-refractivity contribution in [2.24, 2.45) is 0 Å². The van der Waals surface area contributed by atoms with Gasteiger partial charge in [-0.05, 0) is 30.2 Å². The van der Waals surface area contributed by atoms with Gasteiger partial charge in [0.2, 0.25) is 5.91 Å². The Labute approximate surface area is 149 Å². The summed E-state index contributed by atoms with van der Waals surface area (Å²) in [4.78, 5) is 14.7. The molecule has 0 radical (unpaired) electrons. The number of nitrogens with zero attached hydrogens (tertiary/aromatic N) is 1. The maximum absolute atomic E-state index is 12.7. The number of carbonyl (C=O) groups is 1. The van der Waals surface area contributed by atoms with E-state index in [1.54, 1.807) is 7.11 Å². The van der Waals surface area contributed by atoms with E-state index in [9.17, 15) is 4.79 Å². The molecule has 4 nitrogen and oxygen atoms in total. The van der Waals surface area contributed by atoms with Crippen LogP contribution in [-0.2, 0) is 22.4 Å². The second kappa shape index (κ2) is 8.17. The van der Waals surface area contributed by atoms with Gasteiger partial charge < -0.3 is 14.4 Å². The zero-order valence-electron chi connectivity index (χ0n) is 14.9. The molecule has 0 aliphatic carbocycles. The highest BCUT2D eigenvalue weighted by Crippen LogP contribution is 2.18. The van der Waals surface area contributed by atoms with Crippen LogP contribution in [0, 0.1) is 0 Å². The summed E-state index contributed by atoms with van der Waals surface area (Å²) in [5.41, 5.74) is 2.21. The average Bonchev–Trinajstić information content (AvgIpc) is 2.62. The molecule has 4 heteroatoms. The molecule has 1 saturated heterocycles. The molecule has 132 valence electrons. The minimum Gasteiger partial charge on any atom is -0.497 e. The topological polar surface area (TPSA) is 38.8 Å². The Bertz CT molecular complexity index is 701. The molecule has 2 aromatic carbocycles. The van der Waals surface area contributed by atoms with Gasteiger partial charge in [-0.2, -0.15) is 0 Å². The fourth-order valence-corrected chi connectivity index (χ4v) is 3.31. The van der Waals surface area contributed by atoms with Gasteiger partial charge in [0.05, 0.1) is 25.7 Å². The number of benzene rings is 2. The predicted octanol–water partition coefficient (Wildman–Crippen LogP) is 3.10. The van der Waals surface area contributed by atoms with Gasteiger partial charge in [-0.3, -0.25) is 4.79 Å². The lowest BCUT2D eigenvalue weighted by Crippen LogP contribution is -2.50. The fourth-order valence-electron chi connectivity index (χ4n) is 3.31. The molecular weight excluding hydrogens is 314 g/mol. The summed E-state index contributed by atoms with van der Waals surface area (Å²) >= 11 is 0. The van der Waals surface area contributed by atoms with Gasteiger partial charge in [0.1, 0.15) is 5.75 Å². The Morgan fingerprint density at radius 3 is 2.64 bits per heavy atom. The normalized spacial score (nSPS) is 20.3. The van der Waals surface area contributed by atoms with Gasteiger partial charge in [-0.1, -0.05) is 42.5 Å². The number of morpholine rings is 1. The molecule has 2 atom stereocenters. The number of carbonyl (C=O) groups excluding carboxylic acids is 1. The van der Waals surface area contributed by atoms with Gasteiger partial charge in [0.15, 0.2) is 0 Å². The van der Waals surface area contributed by atoms with Gasteiger partial charge >= 0.3 is 0 Å². The van der Waals surface area contributed by atoms with Crippen LogP contribution in [0.3, 0.4) is 0 Å². The molecular formula is C21H25NO3. The Kier molecular flexibility index (Phi) is 5.71. The van der Waals surface area contributed by atoms with Crippen molar-refractivity contribution >= 4 is 5.91 Å². The Morgan fingerprint density at radius 1 is 1.12 bits per heavy atom. The third kappa shape index (κ3) is 4.83. The number of ether oxygens (including phenoxy) is 2.